The zero-order valence-electron chi connectivity index (χ0n) is 13.2. The van der Waals surface area contributed by atoms with E-state index in [9.17, 15) is 8.42 Å². The number of nitrogens with two attached hydrogens (primary N) is 1. The lowest BCUT2D eigenvalue weighted by Gasteiger charge is -2.19. The molecular weight excluding hydrogens is 286 g/mol. The summed E-state index contributed by atoms with van der Waals surface area (Å²) >= 11 is 0. The van der Waals surface area contributed by atoms with E-state index in [0.29, 0.717) is 18.8 Å². The summed E-state index contributed by atoms with van der Waals surface area (Å²) in [6, 6.07) is 4.92. The number of sulfonamides is 1. The van der Waals surface area contributed by atoms with Gasteiger partial charge in [-0.15, -0.1) is 0 Å². The van der Waals surface area contributed by atoms with E-state index in [1.165, 1.54) is 6.07 Å². The molecule has 0 saturated heterocycles. The van der Waals surface area contributed by atoms with Crippen LogP contribution in [0.3, 0.4) is 0 Å². The maximum Gasteiger partial charge on any atom is 0.240 e. The first kappa shape index (κ1) is 17.9. The number of rotatable bonds is 9. The molecule has 1 aromatic carbocycles. The number of nitrogen functional groups attached to an aromatic ring is 1. The van der Waals surface area contributed by atoms with E-state index in [1.54, 1.807) is 12.1 Å². The number of hydrogen-bond donors (Lipinski definition) is 2. The van der Waals surface area contributed by atoms with Crippen LogP contribution in [0.15, 0.2) is 23.1 Å². The van der Waals surface area contributed by atoms with E-state index < -0.39 is 10.0 Å². The Morgan fingerprint density at radius 2 is 1.90 bits per heavy atom. The summed E-state index contributed by atoms with van der Waals surface area (Å²) in [6.45, 7) is 9.21. The van der Waals surface area contributed by atoms with Gasteiger partial charge in [-0.1, -0.05) is 26.8 Å². The van der Waals surface area contributed by atoms with Crippen molar-refractivity contribution < 1.29 is 8.42 Å². The standard InChI is InChI=1S/C15H27N3O2S/c1-4-10-18(6-3)11-9-17-21(19,20)14-8-7-13(5-2)15(16)12-14/h7-8,12,17H,4-6,9-11,16H2,1-3H3. The van der Waals surface area contributed by atoms with Crippen LogP contribution in [0, 0.1) is 0 Å². The summed E-state index contributed by atoms with van der Waals surface area (Å²) < 4.78 is 27.1. The van der Waals surface area contributed by atoms with Crippen LogP contribution < -0.4 is 10.5 Å². The zero-order chi connectivity index (χ0) is 15.9. The molecule has 0 spiro atoms. The molecule has 21 heavy (non-hydrogen) atoms. The van der Waals surface area contributed by atoms with Crippen LogP contribution in [0.4, 0.5) is 5.69 Å². The fourth-order valence-electron chi connectivity index (χ4n) is 2.23. The van der Waals surface area contributed by atoms with Gasteiger partial charge in [-0.3, -0.25) is 0 Å². The number of aryl methyl sites for hydroxylation is 1. The number of benzene rings is 1. The van der Waals surface area contributed by atoms with Crippen molar-refractivity contribution in [2.45, 2.75) is 38.5 Å². The monoisotopic (exact) mass is 313 g/mol. The molecule has 0 fully saturated rings. The number of hydrogen-bond acceptors (Lipinski definition) is 4. The van der Waals surface area contributed by atoms with Crippen LogP contribution in [0.25, 0.3) is 0 Å². The Hall–Kier alpha value is -1.11. The Labute approximate surface area is 128 Å². The van der Waals surface area contributed by atoms with E-state index in [2.05, 4.69) is 23.5 Å². The Bertz CT molecular complexity index is 544. The highest BCUT2D eigenvalue weighted by atomic mass is 32.2. The van der Waals surface area contributed by atoms with Crippen molar-refractivity contribution in [2.24, 2.45) is 0 Å². The summed E-state index contributed by atoms with van der Waals surface area (Å²) in [7, 11) is -3.48. The quantitative estimate of drug-likeness (QED) is 0.682. The van der Waals surface area contributed by atoms with Gasteiger partial charge in [0.15, 0.2) is 0 Å². The number of likely N-dealkylation sites (N-methyl/N-ethyl adjacent to an activating group) is 1. The Balaban J connectivity index is 2.67. The normalized spacial score (nSPS) is 12.0. The zero-order valence-corrected chi connectivity index (χ0v) is 14.0. The molecular formula is C15H27N3O2S. The summed E-state index contributed by atoms with van der Waals surface area (Å²) in [5.74, 6) is 0. The molecule has 0 heterocycles. The third-order valence-electron chi connectivity index (χ3n) is 3.52. The summed E-state index contributed by atoms with van der Waals surface area (Å²) in [5, 5.41) is 0. The average Bonchev–Trinajstić information content (AvgIpc) is 2.46. The first-order chi connectivity index (χ1) is 9.94. The SMILES string of the molecule is CCCN(CC)CCNS(=O)(=O)c1ccc(CC)c(N)c1. The lowest BCUT2D eigenvalue weighted by Crippen LogP contribution is -2.35. The van der Waals surface area contributed by atoms with Gasteiger partial charge in [0.05, 0.1) is 4.90 Å². The smallest absolute Gasteiger partial charge is 0.240 e. The molecule has 1 rings (SSSR count). The molecule has 3 N–H and O–H groups in total. The molecule has 0 aliphatic heterocycles. The van der Waals surface area contributed by atoms with Crippen molar-refractivity contribution in [3.8, 4) is 0 Å². The van der Waals surface area contributed by atoms with Gasteiger partial charge in [-0.2, -0.15) is 0 Å². The van der Waals surface area contributed by atoms with Crippen LogP contribution in [-0.4, -0.2) is 39.5 Å². The van der Waals surface area contributed by atoms with Crippen LogP contribution in [0.1, 0.15) is 32.8 Å². The van der Waals surface area contributed by atoms with Gasteiger partial charge in [0.2, 0.25) is 10.0 Å². The molecule has 0 bridgehead atoms. The minimum Gasteiger partial charge on any atom is -0.398 e. The first-order valence-corrected chi connectivity index (χ1v) is 9.03. The van der Waals surface area contributed by atoms with E-state index >= 15 is 0 Å². The maximum atomic E-state index is 12.2. The van der Waals surface area contributed by atoms with Crippen LogP contribution in [-0.2, 0) is 16.4 Å². The van der Waals surface area contributed by atoms with Gasteiger partial charge in [0.1, 0.15) is 0 Å². The predicted octanol–water partition coefficient (Wildman–Crippen LogP) is 1.84. The average molecular weight is 313 g/mol. The van der Waals surface area contributed by atoms with Gasteiger partial charge < -0.3 is 10.6 Å². The first-order valence-electron chi connectivity index (χ1n) is 7.55. The van der Waals surface area contributed by atoms with Crippen molar-refractivity contribution in [1.29, 1.82) is 0 Å². The largest absolute Gasteiger partial charge is 0.398 e. The van der Waals surface area contributed by atoms with Crippen molar-refractivity contribution in [3.05, 3.63) is 23.8 Å². The van der Waals surface area contributed by atoms with E-state index in [-0.39, 0.29) is 4.90 Å². The van der Waals surface area contributed by atoms with Gasteiger partial charge in [0.25, 0.3) is 0 Å². The number of anilines is 1. The van der Waals surface area contributed by atoms with Gasteiger partial charge in [-0.05, 0) is 43.6 Å². The van der Waals surface area contributed by atoms with Crippen molar-refractivity contribution in [1.82, 2.24) is 9.62 Å². The summed E-state index contributed by atoms with van der Waals surface area (Å²) in [4.78, 5) is 2.45. The molecule has 0 atom stereocenters. The second kappa shape index (κ2) is 8.36. The topological polar surface area (TPSA) is 75.4 Å². The minimum absolute atomic E-state index is 0.232. The third kappa shape index (κ3) is 5.30. The molecule has 0 amide bonds. The highest BCUT2D eigenvalue weighted by Crippen LogP contribution is 2.18. The fourth-order valence-corrected chi connectivity index (χ4v) is 3.28. The van der Waals surface area contributed by atoms with Crippen molar-refractivity contribution >= 4 is 15.7 Å². The molecule has 1 aromatic rings. The van der Waals surface area contributed by atoms with Crippen LogP contribution >= 0.6 is 0 Å². The third-order valence-corrected chi connectivity index (χ3v) is 4.97. The molecule has 0 unspecified atom stereocenters. The van der Waals surface area contributed by atoms with Gasteiger partial charge >= 0.3 is 0 Å². The molecule has 6 heteroatoms. The number of nitrogens with one attached hydrogen (secondary N) is 1. The second-order valence-corrected chi connectivity index (χ2v) is 6.81. The molecule has 0 radical (unpaired) electrons. The van der Waals surface area contributed by atoms with Crippen molar-refractivity contribution in [2.75, 3.05) is 31.9 Å². The molecule has 0 aromatic heterocycles. The molecule has 0 aliphatic rings. The molecule has 5 nitrogen and oxygen atoms in total. The van der Waals surface area contributed by atoms with Crippen molar-refractivity contribution in [3.63, 3.8) is 0 Å². The van der Waals surface area contributed by atoms with Gasteiger partial charge in [0, 0.05) is 18.8 Å². The second-order valence-electron chi connectivity index (χ2n) is 5.05. The predicted molar refractivity (Wildman–Crippen MR) is 87.8 cm³/mol. The highest BCUT2D eigenvalue weighted by molar-refractivity contribution is 7.89. The lowest BCUT2D eigenvalue weighted by molar-refractivity contribution is 0.293. The van der Waals surface area contributed by atoms with Crippen LogP contribution in [0.5, 0.6) is 0 Å². The lowest BCUT2D eigenvalue weighted by atomic mass is 10.1. The highest BCUT2D eigenvalue weighted by Gasteiger charge is 2.15. The van der Waals surface area contributed by atoms with E-state index in [1.807, 2.05) is 6.92 Å². The molecule has 120 valence electrons. The van der Waals surface area contributed by atoms with Gasteiger partial charge in [-0.25, -0.2) is 13.1 Å². The Morgan fingerprint density at radius 1 is 1.19 bits per heavy atom. The summed E-state index contributed by atoms with van der Waals surface area (Å²) in [5.41, 5.74) is 7.36. The molecule has 0 saturated carbocycles. The Morgan fingerprint density at radius 3 is 2.43 bits per heavy atom. The van der Waals surface area contributed by atoms with E-state index in [4.69, 9.17) is 5.73 Å². The minimum atomic E-state index is -3.48. The molecule has 0 aliphatic carbocycles. The van der Waals surface area contributed by atoms with E-state index in [0.717, 1.165) is 31.5 Å². The fraction of sp³-hybridized carbons (Fsp3) is 0.600. The summed E-state index contributed by atoms with van der Waals surface area (Å²) in [6.07, 6.45) is 1.86. The number of nitrogens with zero attached hydrogens (tertiary/aromatic N) is 1. The maximum absolute atomic E-state index is 12.2. The Kier molecular flexibility index (Phi) is 7.14. The van der Waals surface area contributed by atoms with Crippen LogP contribution in [0.2, 0.25) is 0 Å².